The summed E-state index contributed by atoms with van der Waals surface area (Å²) in [5, 5.41) is 8.18. The highest BCUT2D eigenvalue weighted by molar-refractivity contribution is 7.98. The van der Waals surface area contributed by atoms with Gasteiger partial charge in [-0.15, -0.1) is 10.2 Å². The molecule has 0 bridgehead atoms. The Morgan fingerprint density at radius 1 is 1.13 bits per heavy atom. The van der Waals surface area contributed by atoms with Gasteiger partial charge in [0, 0.05) is 24.4 Å². The number of morpholine rings is 1. The molecule has 0 amide bonds. The van der Waals surface area contributed by atoms with Gasteiger partial charge in [-0.1, -0.05) is 11.8 Å². The van der Waals surface area contributed by atoms with E-state index in [2.05, 4.69) is 15.2 Å². The van der Waals surface area contributed by atoms with Gasteiger partial charge in [-0.2, -0.15) is 13.2 Å². The molecule has 31 heavy (non-hydrogen) atoms. The smallest absolute Gasteiger partial charge is 0.406 e. The third-order valence-electron chi connectivity index (χ3n) is 4.57. The lowest BCUT2D eigenvalue weighted by molar-refractivity contribution is -0.141. The molecule has 2 aromatic heterocycles. The van der Waals surface area contributed by atoms with Crippen molar-refractivity contribution in [2.75, 3.05) is 38.3 Å². The average molecular weight is 455 g/mol. The van der Waals surface area contributed by atoms with Gasteiger partial charge in [0.2, 0.25) is 11.8 Å². The first-order chi connectivity index (χ1) is 14.9. The molecule has 8 nitrogen and oxygen atoms in total. The zero-order chi connectivity index (χ0) is 21.8. The predicted octanol–water partition coefficient (Wildman–Crippen LogP) is 3.63. The SMILES string of the molecule is COc1ccc(-c2nc(CSc3nnc(N4CCOCC4)n3CC(F)(F)F)co2)cc1. The number of halogens is 3. The van der Waals surface area contributed by atoms with Crippen LogP contribution in [0.4, 0.5) is 19.1 Å². The van der Waals surface area contributed by atoms with Crippen LogP contribution in [0.2, 0.25) is 0 Å². The summed E-state index contributed by atoms with van der Waals surface area (Å²) in [6.07, 6.45) is -2.91. The van der Waals surface area contributed by atoms with Crippen LogP contribution in [0.3, 0.4) is 0 Å². The number of rotatable bonds is 7. The maximum absolute atomic E-state index is 13.2. The summed E-state index contributed by atoms with van der Waals surface area (Å²) in [7, 11) is 1.58. The lowest BCUT2D eigenvalue weighted by Crippen LogP contribution is -2.38. The number of nitrogens with zero attached hydrogens (tertiary/aromatic N) is 5. The second-order valence-corrected chi connectivity index (χ2v) is 7.69. The Morgan fingerprint density at radius 3 is 2.55 bits per heavy atom. The van der Waals surface area contributed by atoms with E-state index in [0.717, 1.165) is 21.9 Å². The summed E-state index contributed by atoms with van der Waals surface area (Å²) < 4.78 is 56.6. The van der Waals surface area contributed by atoms with Crippen LogP contribution in [0.1, 0.15) is 5.69 Å². The summed E-state index contributed by atoms with van der Waals surface area (Å²) in [5.74, 6) is 1.62. The van der Waals surface area contributed by atoms with Crippen molar-refractivity contribution in [1.29, 1.82) is 0 Å². The predicted molar refractivity (Wildman–Crippen MR) is 107 cm³/mol. The number of alkyl halides is 3. The third-order valence-corrected chi connectivity index (χ3v) is 5.57. The monoisotopic (exact) mass is 455 g/mol. The van der Waals surface area contributed by atoms with Crippen molar-refractivity contribution in [2.24, 2.45) is 0 Å². The topological polar surface area (TPSA) is 78.4 Å². The Labute approximate surface area is 180 Å². The van der Waals surface area contributed by atoms with Gasteiger partial charge >= 0.3 is 6.18 Å². The Balaban J connectivity index is 1.49. The summed E-state index contributed by atoms with van der Waals surface area (Å²) in [6.45, 7) is 0.651. The Hall–Kier alpha value is -2.73. The van der Waals surface area contributed by atoms with Crippen LogP contribution in [0, 0.1) is 0 Å². The molecule has 1 aliphatic rings. The quantitative estimate of drug-likeness (QED) is 0.500. The standard InChI is InChI=1S/C19H20F3N5O3S/c1-28-15-4-2-13(3-5-15)16-23-14(10-30-16)11-31-18-25-24-17(26-6-8-29-9-7-26)27(18)12-19(20,21)22/h2-5,10H,6-9,11-12H2,1H3. The number of hydrogen-bond donors (Lipinski definition) is 0. The van der Waals surface area contributed by atoms with Crippen LogP contribution >= 0.6 is 11.8 Å². The van der Waals surface area contributed by atoms with Gasteiger partial charge in [0.25, 0.3) is 0 Å². The second-order valence-electron chi connectivity index (χ2n) is 6.74. The second kappa shape index (κ2) is 9.18. The maximum atomic E-state index is 13.2. The van der Waals surface area contributed by atoms with Crippen LogP contribution in [0.25, 0.3) is 11.5 Å². The molecule has 0 radical (unpaired) electrons. The first kappa shape index (κ1) is 21.5. The molecule has 0 N–H and O–H groups in total. The molecule has 0 saturated carbocycles. The molecule has 1 saturated heterocycles. The summed E-state index contributed by atoms with van der Waals surface area (Å²) >= 11 is 1.13. The Bertz CT molecular complexity index is 1000. The highest BCUT2D eigenvalue weighted by Crippen LogP contribution is 2.30. The largest absolute Gasteiger partial charge is 0.497 e. The molecule has 166 valence electrons. The van der Waals surface area contributed by atoms with E-state index >= 15 is 0 Å². The van der Waals surface area contributed by atoms with Crippen LogP contribution in [0.15, 0.2) is 40.1 Å². The summed E-state index contributed by atoms with van der Waals surface area (Å²) in [6, 6.07) is 7.22. The fraction of sp³-hybridized carbons (Fsp3) is 0.421. The highest BCUT2D eigenvalue weighted by atomic mass is 32.2. The Kier molecular flexibility index (Phi) is 6.37. The number of oxazole rings is 1. The molecular formula is C19H20F3N5O3S. The molecule has 12 heteroatoms. The molecule has 3 aromatic rings. The van der Waals surface area contributed by atoms with Crippen molar-refractivity contribution < 1.29 is 27.1 Å². The van der Waals surface area contributed by atoms with E-state index in [1.807, 2.05) is 12.1 Å². The van der Waals surface area contributed by atoms with E-state index in [1.165, 1.54) is 6.26 Å². The van der Waals surface area contributed by atoms with Crippen LogP contribution in [-0.2, 0) is 17.0 Å². The van der Waals surface area contributed by atoms with Gasteiger partial charge in [-0.3, -0.25) is 4.57 Å². The zero-order valence-corrected chi connectivity index (χ0v) is 17.4. The van der Waals surface area contributed by atoms with E-state index in [4.69, 9.17) is 13.9 Å². The summed E-state index contributed by atoms with van der Waals surface area (Å²) in [4.78, 5) is 6.17. The van der Waals surface area contributed by atoms with Gasteiger partial charge in [0.05, 0.1) is 26.0 Å². The molecule has 1 fully saturated rings. The number of hydrogen-bond acceptors (Lipinski definition) is 8. The molecular weight excluding hydrogens is 435 g/mol. The summed E-state index contributed by atoms with van der Waals surface area (Å²) in [5.41, 5.74) is 1.36. The first-order valence-corrected chi connectivity index (χ1v) is 10.5. The number of aromatic nitrogens is 4. The molecule has 0 atom stereocenters. The number of ether oxygens (including phenoxy) is 2. The lowest BCUT2D eigenvalue weighted by atomic mass is 10.2. The minimum absolute atomic E-state index is 0.174. The van der Waals surface area contributed by atoms with E-state index in [0.29, 0.717) is 49.4 Å². The minimum atomic E-state index is -4.39. The highest BCUT2D eigenvalue weighted by Gasteiger charge is 2.32. The molecule has 1 aliphatic heterocycles. The molecule has 0 unspecified atom stereocenters. The van der Waals surface area contributed by atoms with E-state index in [1.54, 1.807) is 24.1 Å². The number of benzene rings is 1. The number of thioether (sulfide) groups is 1. The Morgan fingerprint density at radius 2 is 1.87 bits per heavy atom. The van der Waals surface area contributed by atoms with Crippen LogP contribution in [0.5, 0.6) is 5.75 Å². The van der Waals surface area contributed by atoms with Gasteiger partial charge < -0.3 is 18.8 Å². The molecule has 1 aromatic carbocycles. The van der Waals surface area contributed by atoms with Crippen molar-refractivity contribution in [3.63, 3.8) is 0 Å². The fourth-order valence-electron chi connectivity index (χ4n) is 3.08. The van der Waals surface area contributed by atoms with Crippen LogP contribution in [-0.4, -0.2) is 59.3 Å². The van der Waals surface area contributed by atoms with Crippen molar-refractivity contribution in [1.82, 2.24) is 19.7 Å². The van der Waals surface area contributed by atoms with Gasteiger partial charge in [-0.25, -0.2) is 4.98 Å². The fourth-order valence-corrected chi connectivity index (χ4v) is 3.89. The van der Waals surface area contributed by atoms with Crippen molar-refractivity contribution >= 4 is 17.7 Å². The van der Waals surface area contributed by atoms with Crippen molar-refractivity contribution in [2.45, 2.75) is 23.6 Å². The molecule has 3 heterocycles. The third kappa shape index (κ3) is 5.31. The van der Waals surface area contributed by atoms with E-state index in [9.17, 15) is 13.2 Å². The average Bonchev–Trinajstić information content (AvgIpc) is 3.39. The number of anilines is 1. The lowest BCUT2D eigenvalue weighted by Gasteiger charge is -2.28. The minimum Gasteiger partial charge on any atom is -0.497 e. The zero-order valence-electron chi connectivity index (χ0n) is 16.6. The van der Waals surface area contributed by atoms with E-state index < -0.39 is 12.7 Å². The van der Waals surface area contributed by atoms with Gasteiger partial charge in [0.1, 0.15) is 18.6 Å². The first-order valence-electron chi connectivity index (χ1n) is 9.47. The van der Waals surface area contributed by atoms with Crippen LogP contribution < -0.4 is 9.64 Å². The van der Waals surface area contributed by atoms with Gasteiger partial charge in [-0.05, 0) is 24.3 Å². The van der Waals surface area contributed by atoms with Gasteiger partial charge in [0.15, 0.2) is 5.16 Å². The van der Waals surface area contributed by atoms with Crippen molar-refractivity contribution in [3.8, 4) is 17.2 Å². The molecule has 4 rings (SSSR count). The van der Waals surface area contributed by atoms with E-state index in [-0.39, 0.29) is 11.1 Å². The number of methoxy groups -OCH3 is 1. The molecule has 0 spiro atoms. The molecule has 0 aliphatic carbocycles. The maximum Gasteiger partial charge on any atom is 0.406 e. The van der Waals surface area contributed by atoms with Crippen molar-refractivity contribution in [3.05, 3.63) is 36.2 Å². The normalized spacial score (nSPS) is 14.8.